The fourth-order valence-corrected chi connectivity index (χ4v) is 14.5. The second-order valence-corrected chi connectivity index (χ2v) is 22.6. The molecule has 65 heavy (non-hydrogen) atoms. The fourth-order valence-electron chi connectivity index (χ4n) is 14.5. The van der Waals surface area contributed by atoms with Crippen LogP contribution in [0.1, 0.15) is 106 Å². The summed E-state index contributed by atoms with van der Waals surface area (Å²) in [5, 5.41) is 131. The molecule has 0 aromatic carbocycles. The predicted molar refractivity (Wildman–Crippen MR) is 229 cm³/mol. The summed E-state index contributed by atoms with van der Waals surface area (Å²) in [5.41, 5.74) is -1.62. The quantitative estimate of drug-likeness (QED) is 0.0825. The third-order valence-electron chi connectivity index (χ3n) is 18.6. The van der Waals surface area contributed by atoms with Gasteiger partial charge in [0.1, 0.15) is 67.1 Å². The Labute approximate surface area is 382 Å². The van der Waals surface area contributed by atoms with Crippen molar-refractivity contribution in [3.63, 3.8) is 0 Å². The second-order valence-electron chi connectivity index (χ2n) is 22.6. The Morgan fingerprint density at radius 3 is 1.82 bits per heavy atom. The minimum Gasteiger partial charge on any atom is -0.394 e. The Kier molecular flexibility index (Phi) is 15.1. The number of hydrogen-bond donors (Lipinski definition) is 12. The van der Waals surface area contributed by atoms with Crippen LogP contribution in [0.25, 0.3) is 0 Å². The van der Waals surface area contributed by atoms with Crippen molar-refractivity contribution < 1.29 is 89.7 Å². The van der Waals surface area contributed by atoms with Gasteiger partial charge in [-0.15, -0.1) is 0 Å². The van der Waals surface area contributed by atoms with Crippen LogP contribution in [0, 0.1) is 45.3 Å². The molecule has 0 radical (unpaired) electrons. The number of hydrogen-bond acceptors (Lipinski definition) is 18. The highest BCUT2D eigenvalue weighted by Crippen LogP contribution is 2.76. The summed E-state index contributed by atoms with van der Waals surface area (Å²) in [6.45, 7) is 17.0. The molecule has 3 heterocycles. The molecule has 18 nitrogen and oxygen atoms in total. The van der Waals surface area contributed by atoms with E-state index in [1.807, 2.05) is 6.92 Å². The molecule has 0 unspecified atom stereocenters. The van der Waals surface area contributed by atoms with Gasteiger partial charge in [0, 0.05) is 0 Å². The molecular formula is C47H80O18. The SMILES string of the molecule is C=C(C)[C@H](O)CC[C@](C)(O)[C@H]1CC[C@]2(C)[C@@H]1[C@H](O)C[C@@H]1[C@@]3(C)CC[C@H](O[C@@H]4O[C@H](CO)[C@@H](O)[C@H](O)[C@H]4O[C@@H]4O[C@H](CO)[C@@H](O)[C@H](O)[C@H]4O[C@@H]4OC[C@@H](O)[C@H](O)[C@H]4O)C(C)(C)[C@@H]3CC[C@]12C. The molecular weight excluding hydrogens is 852 g/mol. The normalized spacial score (nSPS) is 52.4. The Balaban J connectivity index is 1.11. The zero-order valence-corrected chi connectivity index (χ0v) is 39.1. The van der Waals surface area contributed by atoms with E-state index in [-0.39, 0.29) is 39.9 Å². The lowest BCUT2D eigenvalue weighted by atomic mass is 9.35. The lowest BCUT2D eigenvalue weighted by molar-refractivity contribution is -0.395. The van der Waals surface area contributed by atoms with Gasteiger partial charge in [0.15, 0.2) is 18.9 Å². The minimum atomic E-state index is -1.84. The average Bonchev–Trinajstić information content (AvgIpc) is 3.64. The number of ether oxygens (including phenoxy) is 6. The highest BCUT2D eigenvalue weighted by Gasteiger charge is 2.72. The maximum Gasteiger partial charge on any atom is 0.187 e. The number of aliphatic hydroxyl groups excluding tert-OH is 11. The lowest BCUT2D eigenvalue weighted by Crippen LogP contribution is -2.68. The van der Waals surface area contributed by atoms with Gasteiger partial charge in [-0.1, -0.05) is 46.8 Å². The van der Waals surface area contributed by atoms with E-state index in [2.05, 4.69) is 41.2 Å². The summed E-state index contributed by atoms with van der Waals surface area (Å²) < 4.78 is 36.4. The van der Waals surface area contributed by atoms with Gasteiger partial charge < -0.3 is 89.7 Å². The Morgan fingerprint density at radius 2 is 1.25 bits per heavy atom. The van der Waals surface area contributed by atoms with Gasteiger partial charge in [-0.3, -0.25) is 0 Å². The number of rotatable bonds is 13. The molecule has 4 saturated carbocycles. The van der Waals surface area contributed by atoms with Crippen molar-refractivity contribution in [1.29, 1.82) is 0 Å². The zero-order valence-electron chi connectivity index (χ0n) is 39.1. The van der Waals surface area contributed by atoms with Crippen LogP contribution in [0.5, 0.6) is 0 Å². The first-order chi connectivity index (χ1) is 30.3. The van der Waals surface area contributed by atoms with Crippen LogP contribution < -0.4 is 0 Å². The van der Waals surface area contributed by atoms with Crippen molar-refractivity contribution in [3.05, 3.63) is 12.2 Å². The summed E-state index contributed by atoms with van der Waals surface area (Å²) in [6.07, 6.45) is -18.6. The largest absolute Gasteiger partial charge is 0.394 e. The van der Waals surface area contributed by atoms with Crippen molar-refractivity contribution in [2.75, 3.05) is 19.8 Å². The van der Waals surface area contributed by atoms with Gasteiger partial charge in [-0.05, 0) is 117 Å². The maximum absolute atomic E-state index is 12.3. The number of fused-ring (bicyclic) bond motifs is 5. The van der Waals surface area contributed by atoms with Crippen molar-refractivity contribution in [1.82, 2.24) is 0 Å². The average molecular weight is 933 g/mol. The molecule has 0 spiro atoms. The topological polar surface area (TPSA) is 298 Å². The maximum atomic E-state index is 12.3. The highest BCUT2D eigenvalue weighted by molar-refractivity contribution is 5.20. The summed E-state index contributed by atoms with van der Waals surface area (Å²) in [5.74, 6) is -0.0316. The van der Waals surface area contributed by atoms with Crippen molar-refractivity contribution in [3.8, 4) is 0 Å². The highest BCUT2D eigenvalue weighted by atomic mass is 16.8. The van der Waals surface area contributed by atoms with E-state index in [4.69, 9.17) is 28.4 Å². The van der Waals surface area contributed by atoms with Gasteiger partial charge in [0.2, 0.25) is 0 Å². The Bertz CT molecular complexity index is 1650. The lowest BCUT2D eigenvalue weighted by Gasteiger charge is -2.70. The van der Waals surface area contributed by atoms with Gasteiger partial charge in [0.05, 0.1) is 43.7 Å². The summed E-state index contributed by atoms with van der Waals surface area (Å²) in [6, 6.07) is 0. The van der Waals surface area contributed by atoms with Gasteiger partial charge in [0.25, 0.3) is 0 Å². The molecule has 4 aliphatic carbocycles. The van der Waals surface area contributed by atoms with Gasteiger partial charge >= 0.3 is 0 Å². The Hall–Kier alpha value is -0.980. The van der Waals surface area contributed by atoms with E-state index in [0.29, 0.717) is 31.3 Å². The first-order valence-corrected chi connectivity index (χ1v) is 23.9. The summed E-state index contributed by atoms with van der Waals surface area (Å²) in [7, 11) is 0. The van der Waals surface area contributed by atoms with Crippen LogP contribution in [-0.2, 0) is 28.4 Å². The van der Waals surface area contributed by atoms with Gasteiger partial charge in [-0.2, -0.15) is 0 Å². The molecule has 18 heteroatoms. The molecule has 0 amide bonds. The molecule has 0 aromatic heterocycles. The Morgan fingerprint density at radius 1 is 0.692 bits per heavy atom. The van der Waals surface area contributed by atoms with Crippen LogP contribution >= 0.6 is 0 Å². The van der Waals surface area contributed by atoms with Crippen LogP contribution in [0.4, 0.5) is 0 Å². The molecule has 3 aliphatic heterocycles. The van der Waals surface area contributed by atoms with E-state index in [0.717, 1.165) is 32.1 Å². The van der Waals surface area contributed by atoms with Crippen molar-refractivity contribution in [2.24, 2.45) is 45.3 Å². The van der Waals surface area contributed by atoms with E-state index < -0.39 is 135 Å². The molecule has 12 N–H and O–H groups in total. The van der Waals surface area contributed by atoms with Gasteiger partial charge in [-0.25, -0.2) is 0 Å². The minimum absolute atomic E-state index is 0.0902. The molecule has 0 bridgehead atoms. The van der Waals surface area contributed by atoms with Crippen molar-refractivity contribution in [2.45, 2.75) is 216 Å². The van der Waals surface area contributed by atoms with E-state index >= 15 is 0 Å². The molecule has 3 saturated heterocycles. The molecule has 7 aliphatic rings. The molecule has 0 aromatic rings. The summed E-state index contributed by atoms with van der Waals surface area (Å²) in [4.78, 5) is 0. The summed E-state index contributed by atoms with van der Waals surface area (Å²) >= 11 is 0. The molecule has 25 atom stereocenters. The monoisotopic (exact) mass is 933 g/mol. The van der Waals surface area contributed by atoms with E-state index in [9.17, 15) is 61.3 Å². The third kappa shape index (κ3) is 8.83. The van der Waals surface area contributed by atoms with Crippen LogP contribution in [0.3, 0.4) is 0 Å². The standard InChI is InChI=1S/C47H80O18/c1-21(2)23(50)10-16-47(8,59)22-9-14-46(7)31(22)24(51)17-29-44(5)13-12-30(43(3,4)28(44)11-15-45(29,46)6)63-41-38(35(56)33(54)26(18-48)61-41)65-42-39(36(57)34(55)27(19-49)62-42)64-40-37(58)32(53)25(52)20-60-40/h22-42,48-59H,1,9-20H2,2-8H3/t22-,23+,24+,25+,26+,27+,28-,29+,30-,31-,32-,33+,34+,35-,36-,37+,38+,39+,40-,41-,42-,44-,45+,46+,47-/m0/s1. The fraction of sp³-hybridized carbons (Fsp3) is 0.957. The smallest absolute Gasteiger partial charge is 0.187 e. The number of aliphatic hydroxyl groups is 12. The van der Waals surface area contributed by atoms with Crippen LogP contribution in [-0.4, -0.2) is 191 Å². The van der Waals surface area contributed by atoms with Crippen LogP contribution in [0.15, 0.2) is 12.2 Å². The first-order valence-electron chi connectivity index (χ1n) is 23.9. The first kappa shape index (κ1) is 51.9. The predicted octanol–water partition coefficient (Wildman–Crippen LogP) is -0.417. The third-order valence-corrected chi connectivity index (χ3v) is 18.6. The van der Waals surface area contributed by atoms with Crippen molar-refractivity contribution >= 4 is 0 Å². The van der Waals surface area contributed by atoms with E-state index in [1.54, 1.807) is 6.92 Å². The zero-order chi connectivity index (χ0) is 47.9. The van der Waals surface area contributed by atoms with Crippen LogP contribution in [0.2, 0.25) is 0 Å². The molecule has 7 rings (SSSR count). The molecule has 7 fully saturated rings. The second kappa shape index (κ2) is 19.0. The molecule has 376 valence electrons. The van der Waals surface area contributed by atoms with E-state index in [1.165, 1.54) is 0 Å².